The average molecular weight is 751 g/mol. The third kappa shape index (κ3) is 11.5. The Morgan fingerprint density at radius 2 is 1.50 bits per heavy atom. The highest BCUT2D eigenvalue weighted by Gasteiger charge is 2.39. The molecule has 5 rings (SSSR count). The molecule has 1 atom stereocenters. The second-order valence-corrected chi connectivity index (χ2v) is 11.3. The number of fused-ring (bicyclic) bond motifs is 1. The Balaban J connectivity index is 0.000000376. The van der Waals surface area contributed by atoms with Crippen LogP contribution < -0.4 is 4.74 Å². The van der Waals surface area contributed by atoms with Gasteiger partial charge in [-0.2, -0.15) is 26.3 Å². The van der Waals surface area contributed by atoms with Crippen LogP contribution in [0, 0.1) is 0 Å². The molecule has 3 heterocycles. The van der Waals surface area contributed by atoms with Gasteiger partial charge in [-0.15, -0.1) is 0 Å². The number of aliphatic hydroxyl groups excluding tert-OH is 1. The molecule has 0 radical (unpaired) electrons. The summed E-state index contributed by atoms with van der Waals surface area (Å²) in [4.78, 5) is 32.1. The number of ether oxygens (including phenoxy) is 1. The van der Waals surface area contributed by atoms with Crippen LogP contribution in [0.15, 0.2) is 71.3 Å². The van der Waals surface area contributed by atoms with Crippen molar-refractivity contribution in [1.82, 2.24) is 19.9 Å². The number of aromatic nitrogens is 3. The lowest BCUT2D eigenvalue weighted by Crippen LogP contribution is -2.46. The van der Waals surface area contributed by atoms with E-state index in [0.29, 0.717) is 30.8 Å². The van der Waals surface area contributed by atoms with Crippen LogP contribution in [0.4, 0.5) is 26.3 Å². The molecule has 0 amide bonds. The predicted octanol–water partition coefficient (Wildman–Crippen LogP) is 5.38. The van der Waals surface area contributed by atoms with E-state index in [9.17, 15) is 36.6 Å². The number of β-amino-alcohol motifs (C(OH)–C–C–N with tert-alkyl or cyclic N) is 1. The predicted molar refractivity (Wildman–Crippen MR) is 162 cm³/mol. The molecule has 0 bridgehead atoms. The average Bonchev–Trinajstić information content (AvgIpc) is 3.45. The topological polar surface area (TPSA) is 169 Å². The molecule has 48 heavy (non-hydrogen) atoms. The zero-order valence-electron chi connectivity index (χ0n) is 24.7. The van der Waals surface area contributed by atoms with Crippen molar-refractivity contribution in [3.8, 4) is 17.1 Å². The number of aliphatic carboxylic acids is 2. The Morgan fingerprint density at radius 3 is 2.02 bits per heavy atom. The summed E-state index contributed by atoms with van der Waals surface area (Å²) < 4.78 is 70.2. The lowest BCUT2D eigenvalue weighted by atomic mass is 9.84. The molecule has 2 aromatic carbocycles. The van der Waals surface area contributed by atoms with Gasteiger partial charge < -0.3 is 35.0 Å². The molecule has 1 fully saturated rings. The molecule has 0 spiro atoms. The smallest absolute Gasteiger partial charge is 0.490 e. The first-order valence-corrected chi connectivity index (χ1v) is 14.7. The summed E-state index contributed by atoms with van der Waals surface area (Å²) in [5.41, 5.74) is 2.65. The SMILES string of the molecule is O=C(O)C(F)(F)F.O=C(O)C(F)(F)F.OC(COc1ccc(-c2nc3ncc(Br)cc3[nH]2)cc1)CN1CCC(O)(c2ccccc2)CC1. The van der Waals surface area contributed by atoms with Gasteiger partial charge in [-0.1, -0.05) is 30.3 Å². The van der Waals surface area contributed by atoms with Crippen molar-refractivity contribution in [1.29, 1.82) is 0 Å². The van der Waals surface area contributed by atoms with Crippen LogP contribution in [0.1, 0.15) is 18.4 Å². The van der Waals surface area contributed by atoms with Crippen molar-refractivity contribution in [2.24, 2.45) is 0 Å². The minimum Gasteiger partial charge on any atom is -0.491 e. The van der Waals surface area contributed by atoms with E-state index in [1.165, 1.54) is 0 Å². The molecule has 1 aliphatic heterocycles. The monoisotopic (exact) mass is 750 g/mol. The number of nitrogens with zero attached hydrogens (tertiary/aromatic N) is 3. The van der Waals surface area contributed by atoms with Gasteiger partial charge in [-0.3, -0.25) is 0 Å². The van der Waals surface area contributed by atoms with E-state index >= 15 is 0 Å². The van der Waals surface area contributed by atoms with Crippen LogP contribution in [0.2, 0.25) is 0 Å². The van der Waals surface area contributed by atoms with E-state index in [4.69, 9.17) is 24.5 Å². The van der Waals surface area contributed by atoms with E-state index in [2.05, 4.69) is 35.8 Å². The second kappa shape index (κ2) is 16.2. The lowest BCUT2D eigenvalue weighted by Gasteiger charge is -2.39. The molecule has 2 aromatic heterocycles. The summed E-state index contributed by atoms with van der Waals surface area (Å²) >= 11 is 3.42. The highest BCUT2D eigenvalue weighted by molar-refractivity contribution is 9.10. The van der Waals surface area contributed by atoms with Gasteiger partial charge in [-0.05, 0) is 64.7 Å². The number of likely N-dealkylation sites (tertiary alicyclic amines) is 1. The van der Waals surface area contributed by atoms with Crippen molar-refractivity contribution < 1.29 is 61.1 Å². The number of aromatic amines is 1. The van der Waals surface area contributed by atoms with Crippen molar-refractivity contribution >= 4 is 39.0 Å². The van der Waals surface area contributed by atoms with Crippen molar-refractivity contribution in [3.63, 3.8) is 0 Å². The van der Waals surface area contributed by atoms with Gasteiger partial charge in [0.2, 0.25) is 0 Å². The molecule has 1 unspecified atom stereocenters. The number of alkyl halides is 6. The highest BCUT2D eigenvalue weighted by atomic mass is 79.9. The minimum atomic E-state index is -5.08. The fourth-order valence-corrected chi connectivity index (χ4v) is 4.74. The van der Waals surface area contributed by atoms with Gasteiger partial charge >= 0.3 is 24.3 Å². The third-order valence-corrected chi connectivity index (χ3v) is 7.26. The summed E-state index contributed by atoms with van der Waals surface area (Å²) in [7, 11) is 0. The van der Waals surface area contributed by atoms with Gasteiger partial charge in [0.15, 0.2) is 5.65 Å². The zero-order valence-corrected chi connectivity index (χ0v) is 26.3. The largest absolute Gasteiger partial charge is 0.491 e. The third-order valence-electron chi connectivity index (χ3n) is 6.82. The van der Waals surface area contributed by atoms with Gasteiger partial charge in [-0.25, -0.2) is 19.6 Å². The normalized spacial score (nSPS) is 15.4. The fourth-order valence-electron chi connectivity index (χ4n) is 4.41. The number of H-pyrrole nitrogens is 1. The minimum absolute atomic E-state index is 0.210. The van der Waals surface area contributed by atoms with Crippen LogP contribution in [-0.2, 0) is 15.2 Å². The van der Waals surface area contributed by atoms with Crippen molar-refractivity contribution in [2.45, 2.75) is 36.9 Å². The first kappa shape index (κ1) is 38.2. The van der Waals surface area contributed by atoms with E-state index in [-0.39, 0.29) is 6.61 Å². The number of piperidine rings is 1. The summed E-state index contributed by atoms with van der Waals surface area (Å²) in [6.45, 7) is 2.20. The first-order chi connectivity index (χ1) is 22.4. The van der Waals surface area contributed by atoms with Gasteiger partial charge in [0.05, 0.1) is 11.1 Å². The molecule has 4 aromatic rings. The molecule has 0 aliphatic carbocycles. The number of rotatable bonds is 7. The molecule has 1 aliphatic rings. The summed E-state index contributed by atoms with van der Waals surface area (Å²) in [6.07, 6.45) is -7.74. The molecule has 0 saturated carbocycles. The van der Waals surface area contributed by atoms with E-state index in [0.717, 1.165) is 40.0 Å². The van der Waals surface area contributed by atoms with Crippen LogP contribution in [0.25, 0.3) is 22.6 Å². The number of imidazole rings is 1. The number of benzene rings is 2. The number of aliphatic hydroxyl groups is 2. The lowest BCUT2D eigenvalue weighted by molar-refractivity contribution is -0.193. The second-order valence-electron chi connectivity index (χ2n) is 10.4. The Hall–Kier alpha value is -4.26. The van der Waals surface area contributed by atoms with E-state index in [1.54, 1.807) is 6.20 Å². The Bertz CT molecular complexity index is 1620. The molecule has 5 N–H and O–H groups in total. The Morgan fingerprint density at radius 1 is 0.958 bits per heavy atom. The maximum Gasteiger partial charge on any atom is 0.490 e. The number of carboxylic acids is 2. The number of hydrogen-bond donors (Lipinski definition) is 5. The van der Waals surface area contributed by atoms with Crippen LogP contribution >= 0.6 is 15.9 Å². The van der Waals surface area contributed by atoms with Crippen molar-refractivity contribution in [3.05, 3.63) is 76.9 Å². The van der Waals surface area contributed by atoms with E-state index in [1.807, 2.05) is 60.7 Å². The fraction of sp³-hybridized carbons (Fsp3) is 0.333. The maximum atomic E-state index is 11.0. The van der Waals surface area contributed by atoms with E-state index < -0.39 is 36.0 Å². The van der Waals surface area contributed by atoms with Gasteiger partial charge in [0.25, 0.3) is 0 Å². The molecule has 1 saturated heterocycles. The molecule has 260 valence electrons. The van der Waals surface area contributed by atoms with Crippen LogP contribution in [-0.4, -0.2) is 96.9 Å². The maximum absolute atomic E-state index is 11.0. The van der Waals surface area contributed by atoms with Crippen LogP contribution in [0.3, 0.4) is 0 Å². The van der Waals surface area contributed by atoms with Crippen LogP contribution in [0.5, 0.6) is 5.75 Å². The molecule has 11 nitrogen and oxygen atoms in total. The van der Waals surface area contributed by atoms with Gasteiger partial charge in [0, 0.05) is 35.9 Å². The Kier molecular flexibility index (Phi) is 12.9. The highest BCUT2D eigenvalue weighted by Crippen LogP contribution is 2.32. The van der Waals surface area contributed by atoms with Gasteiger partial charge in [0.1, 0.15) is 24.3 Å². The first-order valence-electron chi connectivity index (χ1n) is 13.9. The number of hydrogen-bond acceptors (Lipinski definition) is 8. The molecular formula is C30H29BrF6N4O7. The molecular weight excluding hydrogens is 722 g/mol. The number of carbonyl (C=O) groups is 2. The quantitative estimate of drug-likeness (QED) is 0.155. The summed E-state index contributed by atoms with van der Waals surface area (Å²) in [5.74, 6) is -4.08. The molecule has 18 heteroatoms. The summed E-state index contributed by atoms with van der Waals surface area (Å²) in [6, 6.07) is 19.4. The number of pyridine rings is 1. The summed E-state index contributed by atoms with van der Waals surface area (Å²) in [5, 5.41) is 35.7. The standard InChI is InChI=1S/C26H27BrN4O3.2C2HF3O2/c27-20-14-23-25(28-15-20)30-24(29-23)18-6-8-22(9-7-18)34-17-21(32)16-31-12-10-26(33,11-13-31)19-4-2-1-3-5-19;2*3-2(4,5)1(6)7/h1-9,14-15,21,32-33H,10-13,16-17H2,(H,28,29,30);2*(H,6,7). The zero-order chi connectivity index (χ0) is 35.7. The number of carboxylic acid groups (broad SMARTS) is 2. The number of halogens is 7. The Labute approximate surface area is 276 Å². The van der Waals surface area contributed by atoms with Crippen molar-refractivity contribution in [2.75, 3.05) is 26.2 Å². The number of nitrogens with one attached hydrogen (secondary N) is 1.